The van der Waals surface area contributed by atoms with Gasteiger partial charge in [-0.2, -0.15) is 79.0 Å². The van der Waals surface area contributed by atoms with Gasteiger partial charge in [-0.15, -0.1) is 0 Å². The van der Waals surface area contributed by atoms with E-state index >= 15 is 0 Å². The number of hydrogen-bond acceptors (Lipinski definition) is 2. The van der Waals surface area contributed by atoms with Gasteiger partial charge in [0.15, 0.2) is 6.61 Å². The van der Waals surface area contributed by atoms with E-state index in [4.69, 9.17) is 0 Å². The van der Waals surface area contributed by atoms with Gasteiger partial charge < -0.3 is 4.74 Å². The number of esters is 1. The van der Waals surface area contributed by atoms with E-state index in [1.165, 1.54) is 0 Å². The molecule has 0 aromatic rings. The van der Waals surface area contributed by atoms with Gasteiger partial charge in [-0.05, 0) is 18.3 Å². The van der Waals surface area contributed by atoms with Crippen molar-refractivity contribution in [2.45, 2.75) is 112 Å². The Balaban J connectivity index is 3.26. The predicted molar refractivity (Wildman–Crippen MR) is 106 cm³/mol. The van der Waals surface area contributed by atoms with Crippen LogP contribution < -0.4 is 0 Å². The Morgan fingerprint density at radius 3 is 1.30 bits per heavy atom. The number of carbonyl (C=O) groups is 1. The van der Waals surface area contributed by atoms with Crippen LogP contribution in [0.15, 0.2) is 0 Å². The standard InChI is InChI=1S/C22H22F20O2/c1-2-10-3-5-11(6-4-10)7-8-12(43)44-9-14(25,26)16(29,30)18(33,34)20(37,38)22(41,42)21(39,40)19(35,36)17(31,32)15(27,28)13(23)24/h10-11,13H,2-9H2,1H3. The van der Waals surface area contributed by atoms with E-state index in [9.17, 15) is 92.6 Å². The molecule has 1 saturated carbocycles. The molecule has 1 fully saturated rings. The molecule has 0 saturated heterocycles. The maximum absolute atomic E-state index is 13.9. The molecule has 0 aromatic carbocycles. The predicted octanol–water partition coefficient (Wildman–Crippen LogP) is 9.51. The number of ether oxygens (including phenoxy) is 1. The van der Waals surface area contributed by atoms with Crippen molar-refractivity contribution in [1.82, 2.24) is 0 Å². The molecule has 0 spiro atoms. The van der Waals surface area contributed by atoms with Gasteiger partial charge in [-0.3, -0.25) is 4.79 Å². The normalized spacial score (nSPS) is 20.7. The topological polar surface area (TPSA) is 26.3 Å². The van der Waals surface area contributed by atoms with E-state index in [0.29, 0.717) is 31.6 Å². The van der Waals surface area contributed by atoms with Gasteiger partial charge in [0.1, 0.15) is 0 Å². The van der Waals surface area contributed by atoms with Crippen LogP contribution >= 0.6 is 0 Å². The van der Waals surface area contributed by atoms with Crippen molar-refractivity contribution in [1.29, 1.82) is 0 Å². The number of rotatable bonds is 15. The highest BCUT2D eigenvalue weighted by molar-refractivity contribution is 5.69. The lowest BCUT2D eigenvalue weighted by Crippen LogP contribution is -2.76. The molecule has 0 N–H and O–H groups in total. The third-order valence-corrected chi connectivity index (χ3v) is 7.23. The van der Waals surface area contributed by atoms with Crippen LogP contribution in [0.3, 0.4) is 0 Å². The Morgan fingerprint density at radius 1 is 0.591 bits per heavy atom. The molecule has 0 radical (unpaired) electrons. The molecule has 0 aromatic heterocycles. The summed E-state index contributed by atoms with van der Waals surface area (Å²) in [6.45, 7) is -1.43. The van der Waals surface area contributed by atoms with Gasteiger partial charge in [-0.1, -0.05) is 39.0 Å². The summed E-state index contributed by atoms with van der Waals surface area (Å²) in [6.07, 6.45) is -3.86. The molecule has 0 aliphatic heterocycles. The lowest BCUT2D eigenvalue weighted by atomic mass is 9.79. The van der Waals surface area contributed by atoms with Crippen LogP contribution in [0.4, 0.5) is 87.8 Å². The molecule has 0 unspecified atom stereocenters. The zero-order valence-electron chi connectivity index (χ0n) is 21.8. The fraction of sp³-hybridized carbons (Fsp3) is 0.955. The Bertz CT molecular complexity index is 984. The molecular formula is C22H22F20O2. The first kappa shape index (κ1) is 40.1. The zero-order valence-corrected chi connectivity index (χ0v) is 21.8. The monoisotopic (exact) mass is 698 g/mol. The van der Waals surface area contributed by atoms with E-state index in [1.54, 1.807) is 0 Å². The van der Waals surface area contributed by atoms with E-state index in [2.05, 4.69) is 4.74 Å². The van der Waals surface area contributed by atoms with Crippen molar-refractivity contribution in [2.75, 3.05) is 6.61 Å². The maximum Gasteiger partial charge on any atom is 0.385 e. The van der Waals surface area contributed by atoms with E-state index in [0.717, 1.165) is 6.42 Å². The quantitative estimate of drug-likeness (QED) is 0.126. The minimum atomic E-state index is -9.07. The lowest BCUT2D eigenvalue weighted by Gasteiger charge is -2.44. The fourth-order valence-corrected chi connectivity index (χ4v) is 4.15. The first-order valence-corrected chi connectivity index (χ1v) is 12.2. The molecule has 262 valence electrons. The van der Waals surface area contributed by atoms with Gasteiger partial charge in [0.2, 0.25) is 0 Å². The van der Waals surface area contributed by atoms with Crippen LogP contribution in [0.25, 0.3) is 0 Å². The molecule has 0 bridgehead atoms. The molecule has 0 atom stereocenters. The van der Waals surface area contributed by atoms with Gasteiger partial charge in [0, 0.05) is 6.42 Å². The Morgan fingerprint density at radius 2 is 0.932 bits per heavy atom. The molecule has 22 heteroatoms. The summed E-state index contributed by atoms with van der Waals surface area (Å²) in [6, 6.07) is 0. The minimum Gasteiger partial charge on any atom is -0.459 e. The highest BCUT2D eigenvalue weighted by Crippen LogP contribution is 2.65. The summed E-state index contributed by atoms with van der Waals surface area (Å²) in [5, 5.41) is 0. The third kappa shape index (κ3) is 6.23. The van der Waals surface area contributed by atoms with Crippen molar-refractivity contribution in [3.05, 3.63) is 0 Å². The molecule has 44 heavy (non-hydrogen) atoms. The summed E-state index contributed by atoms with van der Waals surface area (Å²) in [4.78, 5) is 11.6. The number of alkyl halides is 20. The molecule has 0 amide bonds. The summed E-state index contributed by atoms with van der Waals surface area (Å²) in [5.74, 6) is -77.4. The molecule has 1 aliphatic carbocycles. The van der Waals surface area contributed by atoms with Crippen LogP contribution in [0.1, 0.15) is 51.9 Å². The van der Waals surface area contributed by atoms with Crippen molar-refractivity contribution in [2.24, 2.45) is 11.8 Å². The van der Waals surface area contributed by atoms with E-state index in [-0.39, 0.29) is 12.3 Å². The summed E-state index contributed by atoms with van der Waals surface area (Å²) >= 11 is 0. The van der Waals surface area contributed by atoms with E-state index in [1.807, 2.05) is 6.92 Å². The van der Waals surface area contributed by atoms with Gasteiger partial charge in [-0.25, -0.2) is 8.78 Å². The van der Waals surface area contributed by atoms with Gasteiger partial charge in [0.25, 0.3) is 0 Å². The van der Waals surface area contributed by atoms with E-state index < -0.39 is 78.7 Å². The smallest absolute Gasteiger partial charge is 0.385 e. The van der Waals surface area contributed by atoms with Crippen LogP contribution in [-0.4, -0.2) is 72.3 Å². The van der Waals surface area contributed by atoms with Crippen LogP contribution in [0.2, 0.25) is 0 Å². The van der Waals surface area contributed by atoms with Crippen molar-refractivity contribution >= 4 is 5.97 Å². The molecular weight excluding hydrogens is 676 g/mol. The first-order chi connectivity index (χ1) is 19.3. The van der Waals surface area contributed by atoms with Crippen molar-refractivity contribution in [3.8, 4) is 0 Å². The second kappa shape index (κ2) is 12.4. The number of halogens is 20. The average Bonchev–Trinajstić information content (AvgIpc) is 2.89. The SMILES string of the molecule is CCC1CCC(CCC(=O)OCC(F)(F)C(F)(F)C(F)(F)C(F)(F)C(F)(F)C(F)(F)C(F)(F)C(F)(F)C(F)(F)C(F)F)CC1. The first-order valence-electron chi connectivity index (χ1n) is 12.2. The highest BCUT2D eigenvalue weighted by atomic mass is 19.4. The van der Waals surface area contributed by atoms with Crippen LogP contribution in [0.5, 0.6) is 0 Å². The second-order valence-electron chi connectivity index (χ2n) is 10.1. The summed E-state index contributed by atoms with van der Waals surface area (Å²) in [5.41, 5.74) is 0. The molecule has 1 aliphatic rings. The molecule has 2 nitrogen and oxygen atoms in total. The van der Waals surface area contributed by atoms with Crippen LogP contribution in [0, 0.1) is 11.8 Å². The molecule has 1 rings (SSSR count). The highest BCUT2D eigenvalue weighted by Gasteiger charge is 2.96. The second-order valence-corrected chi connectivity index (χ2v) is 10.1. The Kier molecular flexibility index (Phi) is 11.3. The number of hydrogen-bond donors (Lipinski definition) is 0. The van der Waals surface area contributed by atoms with Crippen molar-refractivity contribution < 1.29 is 97.3 Å². The maximum atomic E-state index is 13.9. The Labute approximate surface area is 234 Å². The molecule has 0 heterocycles. The largest absolute Gasteiger partial charge is 0.459 e. The lowest BCUT2D eigenvalue weighted by molar-refractivity contribution is -0.465. The third-order valence-electron chi connectivity index (χ3n) is 7.23. The average molecular weight is 698 g/mol. The van der Waals surface area contributed by atoms with Crippen molar-refractivity contribution in [3.63, 3.8) is 0 Å². The number of carbonyl (C=O) groups excluding carboxylic acids is 1. The van der Waals surface area contributed by atoms with Gasteiger partial charge in [0.05, 0.1) is 0 Å². The zero-order chi connectivity index (χ0) is 35.2. The fourth-order valence-electron chi connectivity index (χ4n) is 4.15. The van der Waals surface area contributed by atoms with Crippen LogP contribution in [-0.2, 0) is 9.53 Å². The minimum absolute atomic E-state index is 0.129. The summed E-state index contributed by atoms with van der Waals surface area (Å²) in [7, 11) is 0. The van der Waals surface area contributed by atoms with Gasteiger partial charge >= 0.3 is 65.7 Å². The summed E-state index contributed by atoms with van der Waals surface area (Å²) < 4.78 is 273. The Hall–Kier alpha value is -1.93.